The molecule has 3 amide bonds. The van der Waals surface area contributed by atoms with Crippen LogP contribution >= 0.6 is 0 Å². The molecule has 0 atom stereocenters. The molecule has 0 aliphatic carbocycles. The Morgan fingerprint density at radius 2 is 0.955 bits per heavy atom. The minimum Gasteiger partial charge on any atom is -0.354 e. The van der Waals surface area contributed by atoms with Gasteiger partial charge < -0.3 is 16.0 Å². The van der Waals surface area contributed by atoms with Crippen molar-refractivity contribution >= 4 is 17.7 Å². The molecule has 0 rings (SSSR count). The van der Waals surface area contributed by atoms with Crippen LogP contribution in [-0.2, 0) is 14.4 Å². The molecule has 0 aromatic carbocycles. The Hall–Kier alpha value is -1.59. The van der Waals surface area contributed by atoms with Gasteiger partial charge in [0, 0.05) is 24.5 Å². The van der Waals surface area contributed by atoms with Gasteiger partial charge in [-0.15, -0.1) is 0 Å². The van der Waals surface area contributed by atoms with E-state index < -0.39 is 11.8 Å². The van der Waals surface area contributed by atoms with Crippen LogP contribution in [0.1, 0.15) is 61.8 Å². The molecule has 0 saturated heterocycles. The van der Waals surface area contributed by atoms with E-state index in [4.69, 9.17) is 0 Å². The number of carbonyl (C=O) groups is 3. The molecule has 22 heavy (non-hydrogen) atoms. The molecule has 130 valence electrons. The summed E-state index contributed by atoms with van der Waals surface area (Å²) in [6.45, 7) is 15.2. The van der Waals surface area contributed by atoms with E-state index in [9.17, 15) is 14.4 Å². The van der Waals surface area contributed by atoms with Gasteiger partial charge in [0.1, 0.15) is 0 Å². The highest BCUT2D eigenvalue weighted by Gasteiger charge is 2.14. The molecule has 0 saturated carbocycles. The Labute approximate surface area is 134 Å². The summed E-state index contributed by atoms with van der Waals surface area (Å²) in [6, 6.07) is 0.261. The Bertz CT molecular complexity index is 319. The summed E-state index contributed by atoms with van der Waals surface area (Å²) >= 11 is 0. The largest absolute Gasteiger partial charge is 0.354 e. The van der Waals surface area contributed by atoms with E-state index in [1.807, 2.05) is 27.7 Å². The second kappa shape index (κ2) is 12.0. The van der Waals surface area contributed by atoms with E-state index in [2.05, 4.69) is 16.0 Å². The highest BCUT2D eigenvalue weighted by molar-refractivity contribution is 6.35. The van der Waals surface area contributed by atoms with E-state index in [-0.39, 0.29) is 24.0 Å². The molecule has 6 nitrogen and oxygen atoms in total. The van der Waals surface area contributed by atoms with Crippen LogP contribution in [0.5, 0.6) is 0 Å². The number of nitrogens with one attached hydrogen (secondary N) is 3. The molecule has 0 spiro atoms. The summed E-state index contributed by atoms with van der Waals surface area (Å²) < 4.78 is 0. The van der Waals surface area contributed by atoms with E-state index >= 15 is 0 Å². The standard InChI is InChI=1S/C8H16N2O2.C8H17NO/c1-5(2)9-7(11)8(12)10-6(3)4;1-6(2)5-8(10)9-7(3)4/h5-6H,1-4H3,(H,9,11)(H,10,12);6-7H,5H2,1-4H3,(H,9,10). The first-order valence-electron chi connectivity index (χ1n) is 7.86. The quantitative estimate of drug-likeness (QED) is 0.673. The predicted molar refractivity (Wildman–Crippen MR) is 89.3 cm³/mol. The molecule has 0 heterocycles. The molecule has 6 heteroatoms. The lowest BCUT2D eigenvalue weighted by atomic mass is 10.1. The van der Waals surface area contributed by atoms with Crippen molar-refractivity contribution in [2.75, 3.05) is 0 Å². The maximum Gasteiger partial charge on any atom is 0.309 e. The van der Waals surface area contributed by atoms with Gasteiger partial charge in [-0.05, 0) is 47.5 Å². The Morgan fingerprint density at radius 3 is 1.18 bits per heavy atom. The van der Waals surface area contributed by atoms with Gasteiger partial charge in [-0.25, -0.2) is 0 Å². The lowest BCUT2D eigenvalue weighted by Gasteiger charge is -2.10. The van der Waals surface area contributed by atoms with Crippen LogP contribution in [0.4, 0.5) is 0 Å². The van der Waals surface area contributed by atoms with Crippen molar-refractivity contribution in [3.63, 3.8) is 0 Å². The molecule has 0 aromatic rings. The molecule has 0 radical (unpaired) electrons. The van der Waals surface area contributed by atoms with E-state index in [0.29, 0.717) is 12.3 Å². The molecule has 0 aliphatic rings. The number of hydrogen-bond donors (Lipinski definition) is 3. The van der Waals surface area contributed by atoms with E-state index in [0.717, 1.165) is 0 Å². The zero-order valence-corrected chi connectivity index (χ0v) is 15.2. The van der Waals surface area contributed by atoms with Crippen molar-refractivity contribution in [2.45, 2.75) is 79.9 Å². The molecule has 3 N–H and O–H groups in total. The highest BCUT2D eigenvalue weighted by atomic mass is 16.2. The first-order chi connectivity index (χ1) is 9.95. The SMILES string of the molecule is CC(C)CC(=O)NC(C)C.CC(C)NC(=O)C(=O)NC(C)C. The molecular weight excluding hydrogens is 282 g/mol. The Morgan fingerprint density at radius 1 is 0.636 bits per heavy atom. The molecule has 0 unspecified atom stereocenters. The van der Waals surface area contributed by atoms with Crippen LogP contribution in [0.3, 0.4) is 0 Å². The van der Waals surface area contributed by atoms with Gasteiger partial charge in [-0.3, -0.25) is 14.4 Å². The van der Waals surface area contributed by atoms with Crippen LogP contribution in [-0.4, -0.2) is 35.8 Å². The second-order valence-electron chi connectivity index (χ2n) is 6.58. The van der Waals surface area contributed by atoms with Crippen LogP contribution < -0.4 is 16.0 Å². The summed E-state index contributed by atoms with van der Waals surface area (Å²) in [5.41, 5.74) is 0. The Balaban J connectivity index is 0. The summed E-state index contributed by atoms with van der Waals surface area (Å²) in [5, 5.41) is 7.83. The molecule has 0 bridgehead atoms. The Kier molecular flexibility index (Phi) is 12.4. The fourth-order valence-electron chi connectivity index (χ4n) is 1.41. The third-order valence-electron chi connectivity index (χ3n) is 2.09. The van der Waals surface area contributed by atoms with Crippen LogP contribution in [0.25, 0.3) is 0 Å². The van der Waals surface area contributed by atoms with E-state index in [1.54, 1.807) is 27.7 Å². The minimum atomic E-state index is -0.571. The van der Waals surface area contributed by atoms with Gasteiger partial charge in [0.25, 0.3) is 0 Å². The van der Waals surface area contributed by atoms with Gasteiger partial charge in [0.2, 0.25) is 5.91 Å². The zero-order chi connectivity index (χ0) is 17.9. The van der Waals surface area contributed by atoms with Crippen LogP contribution in [0, 0.1) is 5.92 Å². The monoisotopic (exact) mass is 315 g/mol. The fraction of sp³-hybridized carbons (Fsp3) is 0.812. The van der Waals surface area contributed by atoms with Crippen LogP contribution in [0.2, 0.25) is 0 Å². The first kappa shape index (κ1) is 22.7. The van der Waals surface area contributed by atoms with Crippen molar-refractivity contribution in [2.24, 2.45) is 5.92 Å². The summed E-state index contributed by atoms with van der Waals surface area (Å²) in [6.07, 6.45) is 0.637. The predicted octanol–water partition coefficient (Wildman–Crippen LogP) is 1.59. The van der Waals surface area contributed by atoms with Crippen molar-refractivity contribution in [1.29, 1.82) is 0 Å². The van der Waals surface area contributed by atoms with Crippen LogP contribution in [0.15, 0.2) is 0 Å². The average Bonchev–Trinajstić information content (AvgIpc) is 2.25. The van der Waals surface area contributed by atoms with Crippen molar-refractivity contribution in [3.8, 4) is 0 Å². The number of carbonyl (C=O) groups excluding carboxylic acids is 3. The first-order valence-corrected chi connectivity index (χ1v) is 7.86. The summed E-state index contributed by atoms with van der Waals surface area (Å²) in [7, 11) is 0. The van der Waals surface area contributed by atoms with Gasteiger partial charge in [0.05, 0.1) is 0 Å². The highest BCUT2D eigenvalue weighted by Crippen LogP contribution is 1.98. The molecule has 0 fully saturated rings. The molecule has 0 aliphatic heterocycles. The zero-order valence-electron chi connectivity index (χ0n) is 15.2. The maximum absolute atomic E-state index is 11.0. The fourth-order valence-corrected chi connectivity index (χ4v) is 1.41. The van der Waals surface area contributed by atoms with Crippen molar-refractivity contribution in [1.82, 2.24) is 16.0 Å². The third-order valence-corrected chi connectivity index (χ3v) is 2.09. The number of hydrogen-bond acceptors (Lipinski definition) is 3. The van der Waals surface area contributed by atoms with Gasteiger partial charge in [-0.1, -0.05) is 13.8 Å². The van der Waals surface area contributed by atoms with Crippen molar-refractivity contribution in [3.05, 3.63) is 0 Å². The van der Waals surface area contributed by atoms with Gasteiger partial charge in [0.15, 0.2) is 0 Å². The third kappa shape index (κ3) is 16.5. The molecular formula is C16H33N3O3. The minimum absolute atomic E-state index is 0.00425. The second-order valence-corrected chi connectivity index (χ2v) is 6.58. The normalized spacial score (nSPS) is 10.4. The lowest BCUT2D eigenvalue weighted by molar-refractivity contribution is -0.139. The average molecular weight is 315 g/mol. The van der Waals surface area contributed by atoms with Crippen molar-refractivity contribution < 1.29 is 14.4 Å². The lowest BCUT2D eigenvalue weighted by Crippen LogP contribution is -2.44. The molecule has 0 aromatic heterocycles. The maximum atomic E-state index is 11.0. The summed E-state index contributed by atoms with van der Waals surface area (Å²) in [4.78, 5) is 32.9. The summed E-state index contributed by atoms with van der Waals surface area (Å²) in [5.74, 6) is -0.527. The number of rotatable bonds is 5. The topological polar surface area (TPSA) is 87.3 Å². The van der Waals surface area contributed by atoms with E-state index in [1.165, 1.54) is 0 Å². The van der Waals surface area contributed by atoms with Gasteiger partial charge in [-0.2, -0.15) is 0 Å². The number of amides is 3. The van der Waals surface area contributed by atoms with Gasteiger partial charge >= 0.3 is 11.8 Å². The smallest absolute Gasteiger partial charge is 0.309 e.